The van der Waals surface area contributed by atoms with Crippen LogP contribution in [0.5, 0.6) is 0 Å². The highest BCUT2D eigenvalue weighted by molar-refractivity contribution is 5.39. The minimum atomic E-state index is 0.469. The molecule has 3 aromatic rings. The second-order valence-corrected chi connectivity index (χ2v) is 5.37. The van der Waals surface area contributed by atoms with Gasteiger partial charge in [-0.05, 0) is 36.1 Å². The van der Waals surface area contributed by atoms with Gasteiger partial charge < -0.3 is 9.72 Å². The second-order valence-electron chi connectivity index (χ2n) is 5.37. The number of pyridine rings is 1. The van der Waals surface area contributed by atoms with Crippen molar-refractivity contribution in [1.82, 2.24) is 14.7 Å². The number of nitrogens with zero attached hydrogens (tertiary/aromatic N) is 2. The lowest BCUT2D eigenvalue weighted by atomic mass is 10.1. The lowest BCUT2D eigenvalue weighted by Gasteiger charge is -2.12. The largest absolute Gasteiger partial charge is 0.307 e. The molecule has 100 valence electrons. The summed E-state index contributed by atoms with van der Waals surface area (Å²) < 4.78 is 2.07. The van der Waals surface area contributed by atoms with Crippen molar-refractivity contribution in [1.29, 1.82) is 0 Å². The van der Waals surface area contributed by atoms with Crippen molar-refractivity contribution in [3.8, 4) is 0 Å². The van der Waals surface area contributed by atoms with Gasteiger partial charge in [-0.1, -0.05) is 30.3 Å². The van der Waals surface area contributed by atoms with Gasteiger partial charge in [0.15, 0.2) is 0 Å². The third-order valence-corrected chi connectivity index (χ3v) is 4.08. The SMILES string of the molecule is c1ccc2c(c1)CCC2NCc1cn2ccccc2n1. The molecule has 20 heavy (non-hydrogen) atoms. The smallest absolute Gasteiger partial charge is 0.137 e. The Morgan fingerprint density at radius 2 is 2.05 bits per heavy atom. The highest BCUT2D eigenvalue weighted by Gasteiger charge is 2.21. The molecular weight excluding hydrogens is 246 g/mol. The number of nitrogens with one attached hydrogen (secondary N) is 1. The van der Waals surface area contributed by atoms with Crippen LogP contribution in [-0.4, -0.2) is 9.38 Å². The molecule has 3 heteroatoms. The van der Waals surface area contributed by atoms with E-state index in [0.717, 1.165) is 17.9 Å². The fraction of sp³-hybridized carbons (Fsp3) is 0.235. The predicted molar refractivity (Wildman–Crippen MR) is 79.5 cm³/mol. The molecule has 2 heterocycles. The molecule has 1 aliphatic carbocycles. The van der Waals surface area contributed by atoms with Crippen LogP contribution in [0.2, 0.25) is 0 Å². The van der Waals surface area contributed by atoms with Crippen molar-refractivity contribution in [2.75, 3.05) is 0 Å². The summed E-state index contributed by atoms with van der Waals surface area (Å²) in [4.78, 5) is 4.63. The molecule has 0 bridgehead atoms. The normalized spacial score (nSPS) is 17.5. The van der Waals surface area contributed by atoms with E-state index in [0.29, 0.717) is 6.04 Å². The van der Waals surface area contributed by atoms with E-state index in [1.54, 1.807) is 0 Å². The summed E-state index contributed by atoms with van der Waals surface area (Å²) in [6.45, 7) is 0.820. The Bertz CT molecular complexity index is 712. The molecular formula is C17H17N3. The third kappa shape index (κ3) is 2.00. The van der Waals surface area contributed by atoms with Crippen molar-refractivity contribution >= 4 is 5.65 Å². The highest BCUT2D eigenvalue weighted by atomic mass is 15.0. The maximum atomic E-state index is 4.63. The van der Waals surface area contributed by atoms with Gasteiger partial charge in [0.05, 0.1) is 5.69 Å². The van der Waals surface area contributed by atoms with Crippen LogP contribution in [0.25, 0.3) is 5.65 Å². The average molecular weight is 263 g/mol. The monoisotopic (exact) mass is 263 g/mol. The van der Waals surface area contributed by atoms with Crippen molar-refractivity contribution in [3.63, 3.8) is 0 Å². The molecule has 0 spiro atoms. The molecule has 1 aliphatic rings. The summed E-state index contributed by atoms with van der Waals surface area (Å²) >= 11 is 0. The number of imidazole rings is 1. The van der Waals surface area contributed by atoms with E-state index < -0.39 is 0 Å². The van der Waals surface area contributed by atoms with Crippen LogP contribution < -0.4 is 5.32 Å². The highest BCUT2D eigenvalue weighted by Crippen LogP contribution is 2.30. The number of hydrogen-bond donors (Lipinski definition) is 1. The molecule has 1 aromatic carbocycles. The molecule has 1 unspecified atom stereocenters. The molecule has 3 nitrogen and oxygen atoms in total. The van der Waals surface area contributed by atoms with Crippen molar-refractivity contribution in [3.05, 3.63) is 71.7 Å². The Morgan fingerprint density at radius 3 is 3.00 bits per heavy atom. The Hall–Kier alpha value is -2.13. The van der Waals surface area contributed by atoms with Crippen LogP contribution in [0.4, 0.5) is 0 Å². The van der Waals surface area contributed by atoms with E-state index in [-0.39, 0.29) is 0 Å². The van der Waals surface area contributed by atoms with E-state index in [4.69, 9.17) is 0 Å². The fourth-order valence-electron chi connectivity index (χ4n) is 3.07. The quantitative estimate of drug-likeness (QED) is 0.786. The van der Waals surface area contributed by atoms with E-state index in [2.05, 4.69) is 45.2 Å². The first-order valence-corrected chi connectivity index (χ1v) is 7.14. The van der Waals surface area contributed by atoms with Gasteiger partial charge in [-0.25, -0.2) is 4.98 Å². The molecule has 0 radical (unpaired) electrons. The molecule has 0 saturated heterocycles. The minimum absolute atomic E-state index is 0.469. The fourth-order valence-corrected chi connectivity index (χ4v) is 3.07. The van der Waals surface area contributed by atoms with Crippen LogP contribution in [0.3, 0.4) is 0 Å². The molecule has 1 atom stereocenters. The van der Waals surface area contributed by atoms with Gasteiger partial charge in [-0.3, -0.25) is 0 Å². The van der Waals surface area contributed by atoms with Crippen LogP contribution in [0.1, 0.15) is 29.3 Å². The number of aromatic nitrogens is 2. The van der Waals surface area contributed by atoms with Gasteiger partial charge in [-0.15, -0.1) is 0 Å². The summed E-state index contributed by atoms with van der Waals surface area (Å²) in [7, 11) is 0. The van der Waals surface area contributed by atoms with Gasteiger partial charge in [0.2, 0.25) is 0 Å². The van der Waals surface area contributed by atoms with Gasteiger partial charge >= 0.3 is 0 Å². The second kappa shape index (κ2) is 4.76. The summed E-state index contributed by atoms with van der Waals surface area (Å²) in [5.74, 6) is 0. The molecule has 4 rings (SSSR count). The lowest BCUT2D eigenvalue weighted by molar-refractivity contribution is 0.526. The van der Waals surface area contributed by atoms with Crippen LogP contribution in [-0.2, 0) is 13.0 Å². The van der Waals surface area contributed by atoms with Gasteiger partial charge in [0.25, 0.3) is 0 Å². The first-order chi connectivity index (χ1) is 9.90. The zero-order chi connectivity index (χ0) is 13.4. The maximum absolute atomic E-state index is 4.63. The summed E-state index contributed by atoms with van der Waals surface area (Å²) in [6, 6.07) is 15.3. The van der Waals surface area contributed by atoms with Crippen molar-refractivity contribution in [2.45, 2.75) is 25.4 Å². The first-order valence-electron chi connectivity index (χ1n) is 7.14. The zero-order valence-electron chi connectivity index (χ0n) is 11.3. The van der Waals surface area contributed by atoms with Gasteiger partial charge in [-0.2, -0.15) is 0 Å². The van der Waals surface area contributed by atoms with E-state index in [1.165, 1.54) is 24.0 Å². The zero-order valence-corrected chi connectivity index (χ0v) is 11.3. The number of hydrogen-bond acceptors (Lipinski definition) is 2. The van der Waals surface area contributed by atoms with E-state index in [1.807, 2.05) is 24.4 Å². The number of fused-ring (bicyclic) bond motifs is 2. The molecule has 0 amide bonds. The lowest BCUT2D eigenvalue weighted by Crippen LogP contribution is -2.18. The first kappa shape index (κ1) is 11.7. The average Bonchev–Trinajstić information content (AvgIpc) is 3.08. The number of rotatable bonds is 3. The van der Waals surface area contributed by atoms with Crippen LogP contribution in [0.15, 0.2) is 54.9 Å². The third-order valence-electron chi connectivity index (χ3n) is 4.08. The Kier molecular flexibility index (Phi) is 2.78. The Labute approximate surface area is 118 Å². The summed E-state index contributed by atoms with van der Waals surface area (Å²) in [5.41, 5.74) is 5.05. The predicted octanol–water partition coefficient (Wildman–Crippen LogP) is 3.11. The topological polar surface area (TPSA) is 29.3 Å². The minimum Gasteiger partial charge on any atom is -0.307 e. The molecule has 2 aromatic heterocycles. The van der Waals surface area contributed by atoms with Crippen LogP contribution >= 0.6 is 0 Å². The Morgan fingerprint density at radius 1 is 1.15 bits per heavy atom. The van der Waals surface area contributed by atoms with Gasteiger partial charge in [0.1, 0.15) is 5.65 Å². The molecule has 1 N–H and O–H groups in total. The summed E-state index contributed by atoms with van der Waals surface area (Å²) in [5, 5.41) is 3.64. The van der Waals surface area contributed by atoms with Gasteiger partial charge in [0, 0.05) is 25.0 Å². The van der Waals surface area contributed by atoms with Crippen molar-refractivity contribution < 1.29 is 0 Å². The van der Waals surface area contributed by atoms with E-state index in [9.17, 15) is 0 Å². The standard InChI is InChI=1S/C17H17N3/c1-2-6-15-13(5-1)8-9-16(15)18-11-14-12-20-10-4-3-7-17(20)19-14/h1-7,10,12,16,18H,8-9,11H2. The molecule has 0 fully saturated rings. The number of benzene rings is 1. The Balaban J connectivity index is 1.51. The van der Waals surface area contributed by atoms with Crippen molar-refractivity contribution in [2.24, 2.45) is 0 Å². The van der Waals surface area contributed by atoms with Crippen LogP contribution in [0, 0.1) is 0 Å². The molecule has 0 saturated carbocycles. The van der Waals surface area contributed by atoms with E-state index >= 15 is 0 Å². The molecule has 0 aliphatic heterocycles. The number of aryl methyl sites for hydroxylation is 1. The maximum Gasteiger partial charge on any atom is 0.137 e. The summed E-state index contributed by atoms with van der Waals surface area (Å²) in [6.07, 6.45) is 6.51.